The van der Waals surface area contributed by atoms with Gasteiger partial charge in [-0.15, -0.1) is 22.6 Å². The lowest BCUT2D eigenvalue weighted by atomic mass is 9.91. The van der Waals surface area contributed by atoms with E-state index in [-0.39, 0.29) is 36.2 Å². The summed E-state index contributed by atoms with van der Waals surface area (Å²) in [5, 5.41) is 52.4. The highest BCUT2D eigenvalue weighted by Gasteiger charge is 2.45. The van der Waals surface area contributed by atoms with E-state index in [4.69, 9.17) is 26.1 Å². The number of nitrogens with zero attached hydrogens (tertiary/aromatic N) is 9. The number of aliphatic hydroxyl groups excluding tert-OH is 2. The topological polar surface area (TPSA) is 234 Å². The molecule has 0 unspecified atom stereocenters. The SMILES string of the molecule is CCc1nnn([C@H]2C[C@@H](n3cnc4c(NCC(c5ccccc5)c5ccccc5)nc(N5CC[C@@H](NC(=O)NCc6ccc(C(=N)N)cc6)C5)nc43)[C@H](O)[C@@H]2O)n1.Cl. The first-order chi connectivity index (χ1) is 27.7. The number of hydrogen-bond donors (Lipinski definition) is 7. The number of nitrogens with one attached hydrogen (secondary N) is 4. The maximum atomic E-state index is 13.0. The molecule has 6 aromatic rings. The first kappa shape index (κ1) is 40.0. The molecule has 3 aromatic carbocycles. The van der Waals surface area contributed by atoms with E-state index in [1.165, 1.54) is 4.80 Å². The van der Waals surface area contributed by atoms with Crippen molar-refractivity contribution in [3.05, 3.63) is 119 Å². The van der Waals surface area contributed by atoms with Gasteiger partial charge < -0.3 is 41.4 Å². The highest BCUT2D eigenvalue weighted by molar-refractivity contribution is 5.94. The molecular weight excluding hydrogens is 760 g/mol. The van der Waals surface area contributed by atoms with Crippen LogP contribution < -0.4 is 26.6 Å². The van der Waals surface area contributed by atoms with Gasteiger partial charge in [0.1, 0.15) is 24.1 Å². The molecule has 1 aliphatic carbocycles. The third kappa shape index (κ3) is 8.41. The van der Waals surface area contributed by atoms with E-state index in [1.54, 1.807) is 18.5 Å². The summed E-state index contributed by atoms with van der Waals surface area (Å²) >= 11 is 0. The van der Waals surface area contributed by atoms with Crippen LogP contribution in [-0.4, -0.2) is 99.7 Å². The van der Waals surface area contributed by atoms with E-state index in [0.29, 0.717) is 79.8 Å². The highest BCUT2D eigenvalue weighted by atomic mass is 35.5. The van der Waals surface area contributed by atoms with Crippen LogP contribution in [0.2, 0.25) is 0 Å². The summed E-state index contributed by atoms with van der Waals surface area (Å²) in [6.07, 6.45) is 0.950. The van der Waals surface area contributed by atoms with Crippen LogP contribution in [0, 0.1) is 5.41 Å². The Labute approximate surface area is 341 Å². The summed E-state index contributed by atoms with van der Waals surface area (Å²) in [5.41, 5.74) is 10.4. The second-order valence-corrected chi connectivity index (χ2v) is 14.6. The second-order valence-electron chi connectivity index (χ2n) is 14.6. The molecule has 17 nitrogen and oxygen atoms in total. The van der Waals surface area contributed by atoms with Crippen LogP contribution in [-0.2, 0) is 13.0 Å². The zero-order valence-electron chi connectivity index (χ0n) is 31.9. The number of carbonyl (C=O) groups is 1. The number of aromatic nitrogens is 8. The molecule has 0 bridgehead atoms. The van der Waals surface area contributed by atoms with Gasteiger partial charge in [0.05, 0.1) is 12.4 Å². The van der Waals surface area contributed by atoms with Crippen LogP contribution in [0.25, 0.3) is 11.2 Å². The van der Waals surface area contributed by atoms with Crippen LogP contribution in [0.15, 0.2) is 91.3 Å². The van der Waals surface area contributed by atoms with Gasteiger partial charge in [0.15, 0.2) is 22.8 Å². The highest BCUT2D eigenvalue weighted by Crippen LogP contribution is 2.40. The zero-order chi connectivity index (χ0) is 39.5. The van der Waals surface area contributed by atoms with E-state index in [2.05, 4.69) is 55.6 Å². The average molecular weight is 807 g/mol. The van der Waals surface area contributed by atoms with Crippen LogP contribution >= 0.6 is 12.4 Å². The number of hydrogen-bond acceptors (Lipinski definition) is 12. The molecule has 0 spiro atoms. The summed E-state index contributed by atoms with van der Waals surface area (Å²) in [4.78, 5) is 31.2. The number of nitrogens with two attached hydrogens (primary N) is 1. The number of benzene rings is 3. The molecule has 18 heteroatoms. The minimum absolute atomic E-state index is 0. The number of tetrazole rings is 1. The van der Waals surface area contributed by atoms with Gasteiger partial charge in [0.25, 0.3) is 0 Å². The predicted molar refractivity (Wildman–Crippen MR) is 221 cm³/mol. The van der Waals surface area contributed by atoms with Crippen molar-refractivity contribution in [2.45, 2.75) is 69.0 Å². The van der Waals surface area contributed by atoms with Gasteiger partial charge in [-0.25, -0.2) is 9.78 Å². The summed E-state index contributed by atoms with van der Waals surface area (Å²) in [7, 11) is 0. The molecule has 2 fully saturated rings. The minimum Gasteiger partial charge on any atom is -0.388 e. The Morgan fingerprint density at radius 2 is 1.66 bits per heavy atom. The number of imidazole rings is 1. The maximum Gasteiger partial charge on any atom is 0.315 e. The molecule has 8 N–H and O–H groups in total. The number of nitrogen functional groups attached to an aromatic ring is 1. The van der Waals surface area contributed by atoms with Crippen LogP contribution in [0.5, 0.6) is 0 Å². The fourth-order valence-corrected chi connectivity index (χ4v) is 7.72. The fourth-order valence-electron chi connectivity index (χ4n) is 7.72. The molecular formula is C40H47ClN14O3. The van der Waals surface area contributed by atoms with Gasteiger partial charge in [0.2, 0.25) is 5.95 Å². The maximum absolute atomic E-state index is 13.0. The lowest BCUT2D eigenvalue weighted by molar-refractivity contribution is 0.00473. The molecule has 58 heavy (non-hydrogen) atoms. The number of amidine groups is 1. The van der Waals surface area contributed by atoms with Gasteiger partial charge in [-0.1, -0.05) is 91.9 Å². The summed E-state index contributed by atoms with van der Waals surface area (Å²) in [5.74, 6) is 1.54. The Morgan fingerprint density at radius 1 is 0.966 bits per heavy atom. The quantitative estimate of drug-likeness (QED) is 0.0658. The van der Waals surface area contributed by atoms with Crippen LogP contribution in [0.1, 0.15) is 65.8 Å². The zero-order valence-corrected chi connectivity index (χ0v) is 32.7. The number of urea groups is 1. The number of fused-ring (bicyclic) bond motifs is 1. The number of anilines is 2. The van der Waals surface area contributed by atoms with Crippen LogP contribution in [0.3, 0.4) is 0 Å². The Morgan fingerprint density at radius 3 is 2.31 bits per heavy atom. The first-order valence-electron chi connectivity index (χ1n) is 19.2. The minimum atomic E-state index is -1.15. The number of aryl methyl sites for hydroxylation is 1. The molecule has 302 valence electrons. The van der Waals surface area contributed by atoms with Crippen molar-refractivity contribution < 1.29 is 15.0 Å². The van der Waals surface area contributed by atoms with E-state index < -0.39 is 24.3 Å². The monoisotopic (exact) mass is 806 g/mol. The fraction of sp³-hybridized carbons (Fsp3) is 0.350. The Hall–Kier alpha value is -6.17. The summed E-state index contributed by atoms with van der Waals surface area (Å²) in [6, 6.07) is 26.1. The molecule has 0 radical (unpaired) electrons. The van der Waals surface area contributed by atoms with Crippen molar-refractivity contribution in [3.8, 4) is 0 Å². The molecule has 2 amide bonds. The molecule has 8 rings (SSSR count). The molecule has 4 heterocycles. The standard InChI is InChI=1S/C40H46N14O3.ClH/c1-2-32-49-51-54(50-32)31-19-30(34(55)35(31)56)53-23-45-33-37(43-21-29(25-9-5-3-6-10-25)26-11-7-4-8-12-26)47-39(48-38(33)53)52-18-17-28(22-52)46-40(57)44-20-24-13-15-27(16-14-24)36(41)42;/h3-16,23,28-31,34-35,55-56H,2,17-22H2,1H3,(H3,41,42)(H,43,47,48)(H2,44,46,57);1H/t28-,30-,31+,34+,35-;/m1./s1. The summed E-state index contributed by atoms with van der Waals surface area (Å²) < 4.78 is 1.81. The number of amides is 2. The first-order valence-corrected chi connectivity index (χ1v) is 19.2. The molecule has 5 atom stereocenters. The number of carbonyl (C=O) groups excluding carboxylic acids is 1. The van der Waals surface area contributed by atoms with E-state index in [1.807, 2.05) is 64.9 Å². The number of aliphatic hydroxyl groups is 2. The van der Waals surface area contributed by atoms with E-state index >= 15 is 0 Å². The molecule has 2 aliphatic rings. The number of halogens is 1. The van der Waals surface area contributed by atoms with Gasteiger partial charge in [0, 0.05) is 50.1 Å². The van der Waals surface area contributed by atoms with E-state index in [9.17, 15) is 15.0 Å². The van der Waals surface area contributed by atoms with Gasteiger partial charge in [-0.2, -0.15) is 14.8 Å². The van der Waals surface area contributed by atoms with Crippen molar-refractivity contribution in [1.82, 2.24) is 50.4 Å². The normalized spacial score (nSPS) is 20.3. The Bertz CT molecular complexity index is 2280. The number of rotatable bonds is 13. The molecule has 1 saturated heterocycles. The van der Waals surface area contributed by atoms with Crippen LogP contribution in [0.4, 0.5) is 16.6 Å². The molecule has 1 aliphatic heterocycles. The van der Waals surface area contributed by atoms with E-state index in [0.717, 1.165) is 16.7 Å². The average Bonchev–Trinajstić information content (AvgIpc) is 4.05. The lowest BCUT2D eigenvalue weighted by Crippen LogP contribution is -2.43. The molecule has 3 aromatic heterocycles. The summed E-state index contributed by atoms with van der Waals surface area (Å²) in [6.45, 7) is 3.83. The second kappa shape index (κ2) is 17.5. The molecule has 1 saturated carbocycles. The Balaban J connectivity index is 0.00000512. The van der Waals surface area contributed by atoms with Crippen molar-refractivity contribution in [3.63, 3.8) is 0 Å². The van der Waals surface area contributed by atoms with Crippen molar-refractivity contribution in [2.75, 3.05) is 29.9 Å². The largest absolute Gasteiger partial charge is 0.388 e. The van der Waals surface area contributed by atoms with Gasteiger partial charge >= 0.3 is 6.03 Å². The van der Waals surface area contributed by atoms with Gasteiger partial charge in [-0.3, -0.25) is 5.41 Å². The Kier molecular flexibility index (Phi) is 12.1. The predicted octanol–water partition coefficient (Wildman–Crippen LogP) is 3.31. The lowest BCUT2D eigenvalue weighted by Gasteiger charge is -2.22. The smallest absolute Gasteiger partial charge is 0.315 e. The third-order valence-electron chi connectivity index (χ3n) is 10.9. The van der Waals surface area contributed by atoms with Gasteiger partial charge in [-0.05, 0) is 34.7 Å². The van der Waals surface area contributed by atoms with Crippen molar-refractivity contribution in [2.24, 2.45) is 5.73 Å². The third-order valence-corrected chi connectivity index (χ3v) is 10.9. The van der Waals surface area contributed by atoms with Crippen molar-refractivity contribution >= 4 is 47.2 Å². The van der Waals surface area contributed by atoms with Crippen molar-refractivity contribution in [1.29, 1.82) is 5.41 Å².